The summed E-state index contributed by atoms with van der Waals surface area (Å²) >= 11 is 0. The van der Waals surface area contributed by atoms with Gasteiger partial charge < -0.3 is 4.74 Å². The lowest BCUT2D eigenvalue weighted by Crippen LogP contribution is -2.46. The third-order valence-electron chi connectivity index (χ3n) is 2.73. The van der Waals surface area contributed by atoms with Gasteiger partial charge in [0.05, 0.1) is 12.2 Å². The largest absolute Gasteiger partial charge is 0.411 e. The smallest absolute Gasteiger partial charge is 0.369 e. The standard InChI is InChI=1S/C11H17F3N2O/c1-8(2)16-10(6-15)4-3-9(5-10)17-7-11(12,13)14/h8-9,16H,3-5,7H2,1-2H3. The van der Waals surface area contributed by atoms with Crippen LogP contribution in [0, 0.1) is 11.3 Å². The van der Waals surface area contributed by atoms with Gasteiger partial charge in [0.1, 0.15) is 12.1 Å². The van der Waals surface area contributed by atoms with Gasteiger partial charge in [0.2, 0.25) is 0 Å². The average Bonchev–Trinajstić information content (AvgIpc) is 2.57. The predicted octanol–water partition coefficient (Wildman–Crippen LogP) is 2.38. The quantitative estimate of drug-likeness (QED) is 0.833. The molecule has 0 aromatic carbocycles. The Balaban J connectivity index is 2.48. The van der Waals surface area contributed by atoms with Crippen molar-refractivity contribution in [2.24, 2.45) is 0 Å². The second kappa shape index (κ2) is 5.23. The first-order valence-electron chi connectivity index (χ1n) is 5.64. The van der Waals surface area contributed by atoms with Gasteiger partial charge in [0, 0.05) is 12.5 Å². The van der Waals surface area contributed by atoms with Gasteiger partial charge in [0.15, 0.2) is 0 Å². The molecule has 6 heteroatoms. The topological polar surface area (TPSA) is 45.0 Å². The summed E-state index contributed by atoms with van der Waals surface area (Å²) in [5, 5.41) is 12.2. The van der Waals surface area contributed by atoms with Crippen LogP contribution >= 0.6 is 0 Å². The first-order chi connectivity index (χ1) is 7.76. The van der Waals surface area contributed by atoms with Gasteiger partial charge in [-0.2, -0.15) is 18.4 Å². The molecular weight excluding hydrogens is 233 g/mol. The van der Waals surface area contributed by atoms with Gasteiger partial charge in [-0.25, -0.2) is 0 Å². The summed E-state index contributed by atoms with van der Waals surface area (Å²) in [5.41, 5.74) is -0.732. The molecular formula is C11H17F3N2O. The lowest BCUT2D eigenvalue weighted by molar-refractivity contribution is -0.184. The van der Waals surface area contributed by atoms with Crippen LogP contribution in [0.3, 0.4) is 0 Å². The maximum Gasteiger partial charge on any atom is 0.411 e. The van der Waals surface area contributed by atoms with Crippen LogP contribution in [0.5, 0.6) is 0 Å². The first-order valence-corrected chi connectivity index (χ1v) is 5.64. The Morgan fingerprint density at radius 1 is 1.53 bits per heavy atom. The van der Waals surface area contributed by atoms with E-state index in [2.05, 4.69) is 11.4 Å². The van der Waals surface area contributed by atoms with Crippen LogP contribution in [0.15, 0.2) is 0 Å². The number of nitriles is 1. The minimum absolute atomic E-state index is 0.121. The molecule has 1 rings (SSSR count). The molecule has 0 saturated heterocycles. The van der Waals surface area contributed by atoms with Crippen LogP contribution in [-0.4, -0.2) is 30.5 Å². The fraction of sp³-hybridized carbons (Fsp3) is 0.909. The van der Waals surface area contributed by atoms with Gasteiger partial charge in [-0.3, -0.25) is 5.32 Å². The van der Waals surface area contributed by atoms with Crippen LogP contribution in [-0.2, 0) is 4.74 Å². The van der Waals surface area contributed by atoms with E-state index in [0.29, 0.717) is 19.3 Å². The van der Waals surface area contributed by atoms with E-state index in [0.717, 1.165) is 0 Å². The van der Waals surface area contributed by atoms with Crippen molar-refractivity contribution in [3.63, 3.8) is 0 Å². The van der Waals surface area contributed by atoms with Crippen LogP contribution in [0.1, 0.15) is 33.1 Å². The molecule has 3 nitrogen and oxygen atoms in total. The molecule has 1 N–H and O–H groups in total. The Bertz CT molecular complexity index is 298. The van der Waals surface area contributed by atoms with E-state index in [-0.39, 0.29) is 6.04 Å². The number of ether oxygens (including phenoxy) is 1. The summed E-state index contributed by atoms with van der Waals surface area (Å²) in [7, 11) is 0. The normalized spacial score (nSPS) is 29.6. The highest BCUT2D eigenvalue weighted by Gasteiger charge is 2.41. The second-order valence-corrected chi connectivity index (χ2v) is 4.78. The minimum atomic E-state index is -4.30. The van der Waals surface area contributed by atoms with Gasteiger partial charge in [-0.1, -0.05) is 0 Å². The van der Waals surface area contributed by atoms with E-state index in [1.165, 1.54) is 0 Å². The Kier molecular flexibility index (Phi) is 4.39. The highest BCUT2D eigenvalue weighted by molar-refractivity contribution is 5.12. The third-order valence-corrected chi connectivity index (χ3v) is 2.73. The lowest BCUT2D eigenvalue weighted by Gasteiger charge is -2.25. The van der Waals surface area contributed by atoms with E-state index in [1.807, 2.05) is 13.8 Å². The Morgan fingerprint density at radius 3 is 2.65 bits per heavy atom. The number of rotatable bonds is 4. The number of nitrogens with zero attached hydrogens (tertiary/aromatic N) is 1. The molecule has 17 heavy (non-hydrogen) atoms. The van der Waals surface area contributed by atoms with Crippen LogP contribution < -0.4 is 5.32 Å². The van der Waals surface area contributed by atoms with E-state index in [4.69, 9.17) is 10.00 Å². The molecule has 0 aromatic heterocycles. The molecule has 0 aromatic rings. The number of nitrogens with one attached hydrogen (secondary N) is 1. The van der Waals surface area contributed by atoms with E-state index < -0.39 is 24.4 Å². The van der Waals surface area contributed by atoms with Crippen LogP contribution in [0.2, 0.25) is 0 Å². The van der Waals surface area contributed by atoms with Gasteiger partial charge in [-0.15, -0.1) is 0 Å². The minimum Gasteiger partial charge on any atom is -0.369 e. The lowest BCUT2D eigenvalue weighted by atomic mass is 9.98. The highest BCUT2D eigenvalue weighted by atomic mass is 19.4. The van der Waals surface area contributed by atoms with Gasteiger partial charge in [0.25, 0.3) is 0 Å². The fourth-order valence-electron chi connectivity index (χ4n) is 2.17. The summed E-state index contributed by atoms with van der Waals surface area (Å²) in [6.07, 6.45) is -3.45. The molecule has 98 valence electrons. The monoisotopic (exact) mass is 250 g/mol. The number of hydrogen-bond acceptors (Lipinski definition) is 3. The zero-order chi connectivity index (χ0) is 13.1. The van der Waals surface area contributed by atoms with Crippen molar-refractivity contribution in [3.8, 4) is 6.07 Å². The van der Waals surface area contributed by atoms with Crippen molar-refractivity contribution in [1.29, 1.82) is 5.26 Å². The van der Waals surface area contributed by atoms with Crippen molar-refractivity contribution in [1.82, 2.24) is 5.32 Å². The van der Waals surface area contributed by atoms with Crippen molar-refractivity contribution in [3.05, 3.63) is 0 Å². The summed E-state index contributed by atoms with van der Waals surface area (Å²) in [6, 6.07) is 2.28. The Labute approximate surface area is 98.9 Å². The summed E-state index contributed by atoms with van der Waals surface area (Å²) in [4.78, 5) is 0. The Morgan fingerprint density at radius 2 is 2.18 bits per heavy atom. The van der Waals surface area contributed by atoms with Gasteiger partial charge >= 0.3 is 6.18 Å². The van der Waals surface area contributed by atoms with Crippen LogP contribution in [0.25, 0.3) is 0 Å². The van der Waals surface area contributed by atoms with E-state index in [9.17, 15) is 13.2 Å². The second-order valence-electron chi connectivity index (χ2n) is 4.78. The van der Waals surface area contributed by atoms with Crippen molar-refractivity contribution < 1.29 is 17.9 Å². The molecule has 0 radical (unpaired) electrons. The Hall–Kier alpha value is -0.800. The zero-order valence-electron chi connectivity index (χ0n) is 9.97. The van der Waals surface area contributed by atoms with Crippen molar-refractivity contribution in [2.75, 3.05) is 6.61 Å². The molecule has 2 unspecified atom stereocenters. The molecule has 1 fully saturated rings. The van der Waals surface area contributed by atoms with Crippen molar-refractivity contribution >= 4 is 0 Å². The SMILES string of the molecule is CC(C)NC1(C#N)CCC(OCC(F)(F)F)C1. The maximum atomic E-state index is 12.0. The molecule has 2 atom stereocenters. The zero-order valence-corrected chi connectivity index (χ0v) is 9.97. The van der Waals surface area contributed by atoms with E-state index >= 15 is 0 Å². The maximum absolute atomic E-state index is 12.0. The molecule has 0 spiro atoms. The highest BCUT2D eigenvalue weighted by Crippen LogP contribution is 2.32. The molecule has 0 aliphatic heterocycles. The fourth-order valence-corrected chi connectivity index (χ4v) is 2.17. The molecule has 0 amide bonds. The molecule has 1 saturated carbocycles. The number of hydrogen-bond donors (Lipinski definition) is 1. The first kappa shape index (κ1) is 14.3. The summed E-state index contributed by atoms with van der Waals surface area (Å²) < 4.78 is 40.8. The summed E-state index contributed by atoms with van der Waals surface area (Å²) in [6.45, 7) is 2.58. The molecule has 1 aliphatic carbocycles. The average molecular weight is 250 g/mol. The van der Waals surface area contributed by atoms with Crippen molar-refractivity contribution in [2.45, 2.75) is 57.0 Å². The van der Waals surface area contributed by atoms with Crippen LogP contribution in [0.4, 0.5) is 13.2 Å². The molecule has 0 bridgehead atoms. The number of halogens is 3. The van der Waals surface area contributed by atoms with E-state index in [1.54, 1.807) is 0 Å². The molecule has 1 aliphatic rings. The summed E-state index contributed by atoms with van der Waals surface area (Å²) in [5.74, 6) is 0. The third kappa shape index (κ3) is 4.52. The molecule has 0 heterocycles. The van der Waals surface area contributed by atoms with Gasteiger partial charge in [-0.05, 0) is 26.7 Å². The number of alkyl halides is 3. The predicted molar refractivity (Wildman–Crippen MR) is 56.3 cm³/mol.